The predicted molar refractivity (Wildman–Crippen MR) is 231 cm³/mol. The molecule has 2 saturated heterocycles. The summed E-state index contributed by atoms with van der Waals surface area (Å²) in [6.07, 6.45) is -2.06. The van der Waals surface area contributed by atoms with Crippen LogP contribution in [0.25, 0.3) is 0 Å². The maximum Gasteiger partial charge on any atom is 0.421 e. The highest BCUT2D eigenvalue weighted by Gasteiger charge is 2.75. The molecule has 3 aliphatic heterocycles. The zero-order chi connectivity index (χ0) is 44.7. The number of nitrogens with two attached hydrogens (primary N) is 1. The van der Waals surface area contributed by atoms with Gasteiger partial charge in [0.2, 0.25) is 11.8 Å². The molecule has 0 saturated carbocycles. The van der Waals surface area contributed by atoms with E-state index in [9.17, 15) is 29.6 Å². The summed E-state index contributed by atoms with van der Waals surface area (Å²) < 4.78 is 17.4. The minimum atomic E-state index is -2.12. The normalized spacial score (nSPS) is 22.1. The van der Waals surface area contributed by atoms with Crippen LogP contribution < -0.4 is 15.4 Å². The van der Waals surface area contributed by atoms with Gasteiger partial charge in [0.15, 0.2) is 0 Å². The first-order valence-corrected chi connectivity index (χ1v) is 20.2. The Morgan fingerprint density at radius 3 is 2.05 bits per heavy atom. The Morgan fingerprint density at radius 2 is 1.42 bits per heavy atom. The van der Waals surface area contributed by atoms with E-state index < -0.39 is 64.4 Å². The third kappa shape index (κ3) is 6.94. The second-order valence-corrected chi connectivity index (χ2v) is 15.6. The number of nitro groups is 1. The molecule has 0 aromatic heterocycles. The van der Waals surface area contributed by atoms with E-state index >= 15 is 4.79 Å². The predicted octanol–water partition coefficient (Wildman–Crippen LogP) is 7.20. The number of morpholine rings is 1. The molecule has 6 aromatic carbocycles. The SMILES string of the molecule is COc1ccc(C#Cc2ccc3c(c2)[C@]2(C(=O)N3C(=O)OCc3ccc([N+](=O)[O-])cc3)[C@H](c3ccc(O)cc3)N3[C@H](c4ccccc4)[C@H](c4ccccc4)OC(=O)[C@H]3[C@@H]2C(N)=O)cc1. The van der Waals surface area contributed by atoms with Crippen LogP contribution in [-0.2, 0) is 35.9 Å². The monoisotopic (exact) mass is 854 g/mol. The summed E-state index contributed by atoms with van der Waals surface area (Å²) in [6, 6.07) is 38.2. The number of aromatic hydroxyl groups is 1. The minimum absolute atomic E-state index is 0.0628. The van der Waals surface area contributed by atoms with Crippen molar-refractivity contribution in [1.82, 2.24) is 4.90 Å². The highest BCUT2D eigenvalue weighted by Crippen LogP contribution is 2.65. The molecule has 6 atom stereocenters. The molecule has 14 heteroatoms. The van der Waals surface area contributed by atoms with E-state index in [-0.39, 0.29) is 29.3 Å². The number of non-ortho nitro benzene ring substituents is 1. The number of esters is 1. The second-order valence-electron chi connectivity index (χ2n) is 15.6. The topological polar surface area (TPSA) is 192 Å². The van der Waals surface area contributed by atoms with E-state index in [1.165, 1.54) is 42.5 Å². The molecule has 0 unspecified atom stereocenters. The van der Waals surface area contributed by atoms with Crippen LogP contribution in [0.15, 0.2) is 152 Å². The fraction of sp³-hybridized carbons (Fsp3) is 0.160. The van der Waals surface area contributed by atoms with Gasteiger partial charge in [0.1, 0.15) is 35.7 Å². The number of methoxy groups -OCH3 is 1. The molecule has 1 spiro atoms. The van der Waals surface area contributed by atoms with Gasteiger partial charge in [-0.15, -0.1) is 0 Å². The number of cyclic esters (lactones) is 1. The number of phenolic OH excluding ortho intramolecular Hbond substituents is 1. The molecule has 9 rings (SSSR count). The molecule has 3 N–H and O–H groups in total. The Kier molecular flexibility index (Phi) is 10.6. The molecule has 14 nitrogen and oxygen atoms in total. The third-order valence-corrected chi connectivity index (χ3v) is 12.1. The number of benzene rings is 6. The van der Waals surface area contributed by atoms with Gasteiger partial charge in [-0.2, -0.15) is 0 Å². The number of hydrogen-bond donors (Lipinski definition) is 2. The van der Waals surface area contributed by atoms with Crippen molar-refractivity contribution in [2.75, 3.05) is 12.0 Å². The quantitative estimate of drug-likeness (QED) is 0.0681. The summed E-state index contributed by atoms with van der Waals surface area (Å²) in [5.41, 5.74) is 7.62. The average molecular weight is 855 g/mol. The zero-order valence-electron chi connectivity index (χ0n) is 34.1. The number of nitro benzene ring substituents is 1. The first-order chi connectivity index (χ1) is 31.0. The Hall–Kier alpha value is -8.28. The van der Waals surface area contributed by atoms with Crippen LogP contribution in [0.2, 0.25) is 0 Å². The average Bonchev–Trinajstić information content (AvgIpc) is 3.77. The molecule has 3 aliphatic rings. The molecular weight excluding hydrogens is 817 g/mol. The van der Waals surface area contributed by atoms with E-state index in [1.54, 1.807) is 55.6 Å². The largest absolute Gasteiger partial charge is 0.508 e. The molecule has 64 heavy (non-hydrogen) atoms. The highest BCUT2D eigenvalue weighted by molar-refractivity contribution is 6.23. The Morgan fingerprint density at radius 1 is 0.797 bits per heavy atom. The van der Waals surface area contributed by atoms with E-state index in [4.69, 9.17) is 19.9 Å². The molecule has 0 radical (unpaired) electrons. The lowest BCUT2D eigenvalue weighted by molar-refractivity contribution is -0.384. The third-order valence-electron chi connectivity index (χ3n) is 12.1. The van der Waals surface area contributed by atoms with E-state index in [1.807, 2.05) is 65.6 Å². The number of ether oxygens (including phenoxy) is 3. The van der Waals surface area contributed by atoms with Gasteiger partial charge in [-0.3, -0.25) is 29.4 Å². The van der Waals surface area contributed by atoms with Crippen LogP contribution >= 0.6 is 0 Å². The number of phenols is 1. The summed E-state index contributed by atoms with van der Waals surface area (Å²) in [5, 5.41) is 21.9. The number of primary amides is 1. The standard InChI is InChI=1S/C50H38N4O10/c1-62-38-25-16-30(17-26-38)12-13-31-18-27-40-39(28-31)50(48(58)52(40)49(59)63-29-32-14-21-36(22-15-32)54(60)61)41(46(51)56)43-47(57)64-44(34-10-6-3-7-11-34)42(33-8-4-2-5-9-33)53(43)45(50)35-19-23-37(55)24-20-35/h2-11,14-28,41-45,55H,29H2,1H3,(H2,51,56)/t41-,42-,43-,44+,45+,50-/m1/s1. The van der Waals surface area contributed by atoms with Gasteiger partial charge < -0.3 is 25.1 Å². The molecular formula is C50H38N4O10. The minimum Gasteiger partial charge on any atom is -0.508 e. The summed E-state index contributed by atoms with van der Waals surface area (Å²) in [4.78, 5) is 73.2. The van der Waals surface area contributed by atoms with Crippen molar-refractivity contribution in [3.05, 3.63) is 201 Å². The first-order valence-electron chi connectivity index (χ1n) is 20.2. The van der Waals surface area contributed by atoms with Gasteiger partial charge in [0, 0.05) is 23.3 Å². The van der Waals surface area contributed by atoms with Crippen LogP contribution in [0.3, 0.4) is 0 Å². The number of nitrogens with zero attached hydrogens (tertiary/aromatic N) is 3. The summed E-state index contributed by atoms with van der Waals surface area (Å²) >= 11 is 0. The molecule has 3 heterocycles. The molecule has 3 amide bonds. The van der Waals surface area contributed by atoms with Crippen molar-refractivity contribution in [1.29, 1.82) is 0 Å². The molecule has 2 fully saturated rings. The van der Waals surface area contributed by atoms with Crippen LogP contribution in [0.1, 0.15) is 57.1 Å². The van der Waals surface area contributed by atoms with E-state index in [0.717, 1.165) is 4.90 Å². The van der Waals surface area contributed by atoms with E-state index in [2.05, 4.69) is 11.8 Å². The van der Waals surface area contributed by atoms with E-state index in [0.29, 0.717) is 39.1 Å². The summed E-state index contributed by atoms with van der Waals surface area (Å²) in [5.74, 6) is 2.48. The number of carbonyl (C=O) groups is 4. The van der Waals surface area contributed by atoms with Crippen molar-refractivity contribution >= 4 is 35.3 Å². The van der Waals surface area contributed by atoms with Crippen molar-refractivity contribution in [3.8, 4) is 23.3 Å². The van der Waals surface area contributed by atoms with Gasteiger partial charge in [0.05, 0.1) is 35.7 Å². The lowest BCUT2D eigenvalue weighted by atomic mass is 9.65. The van der Waals surface area contributed by atoms with Crippen LogP contribution in [-0.4, -0.2) is 52.0 Å². The van der Waals surface area contributed by atoms with Crippen LogP contribution in [0, 0.1) is 27.9 Å². The smallest absolute Gasteiger partial charge is 0.421 e. The Labute approximate surface area is 366 Å². The van der Waals surface area contributed by atoms with Gasteiger partial charge in [-0.05, 0) is 94.5 Å². The molecule has 0 bridgehead atoms. The number of hydrogen-bond acceptors (Lipinski definition) is 11. The van der Waals surface area contributed by atoms with Crippen molar-refractivity contribution in [2.45, 2.75) is 36.3 Å². The number of imide groups is 1. The molecule has 318 valence electrons. The maximum atomic E-state index is 16.0. The number of fused-ring (bicyclic) bond motifs is 3. The lowest BCUT2D eigenvalue weighted by Crippen LogP contribution is -2.55. The lowest BCUT2D eigenvalue weighted by Gasteiger charge is -2.46. The summed E-state index contributed by atoms with van der Waals surface area (Å²) in [6.45, 7) is -0.370. The molecule has 6 aromatic rings. The van der Waals surface area contributed by atoms with Gasteiger partial charge >= 0.3 is 12.1 Å². The highest BCUT2D eigenvalue weighted by atomic mass is 16.6. The van der Waals surface area contributed by atoms with Crippen LogP contribution in [0.4, 0.5) is 16.2 Å². The first kappa shape index (κ1) is 41.1. The number of amides is 3. The van der Waals surface area contributed by atoms with Gasteiger partial charge in [-0.25, -0.2) is 9.69 Å². The van der Waals surface area contributed by atoms with Crippen molar-refractivity contribution in [3.63, 3.8) is 0 Å². The fourth-order valence-electron chi connectivity index (χ4n) is 9.39. The Bertz CT molecular complexity index is 2860. The molecule has 0 aliphatic carbocycles. The van der Waals surface area contributed by atoms with Crippen LogP contribution in [0.5, 0.6) is 11.5 Å². The Balaban J connectivity index is 1.27. The van der Waals surface area contributed by atoms with Gasteiger partial charge in [0.25, 0.3) is 5.69 Å². The number of anilines is 1. The number of rotatable bonds is 8. The second kappa shape index (κ2) is 16.5. The van der Waals surface area contributed by atoms with Crippen molar-refractivity contribution < 1.29 is 43.4 Å². The fourth-order valence-corrected chi connectivity index (χ4v) is 9.39. The summed E-state index contributed by atoms with van der Waals surface area (Å²) in [7, 11) is 1.56. The number of carbonyl (C=O) groups excluding carboxylic acids is 4. The maximum absolute atomic E-state index is 16.0. The zero-order valence-corrected chi connectivity index (χ0v) is 34.1. The van der Waals surface area contributed by atoms with Gasteiger partial charge in [-0.1, -0.05) is 84.6 Å². The van der Waals surface area contributed by atoms with Crippen molar-refractivity contribution in [2.24, 2.45) is 11.7 Å².